The van der Waals surface area contributed by atoms with Crippen LogP contribution in [0, 0.1) is 10.1 Å². The van der Waals surface area contributed by atoms with E-state index in [1.54, 1.807) is 6.07 Å². The summed E-state index contributed by atoms with van der Waals surface area (Å²) < 4.78 is 5.58. The summed E-state index contributed by atoms with van der Waals surface area (Å²) in [4.78, 5) is 16.6. The monoisotopic (exact) mass is 277 g/mol. The third-order valence-corrected chi connectivity index (χ3v) is 3.47. The highest BCUT2D eigenvalue weighted by molar-refractivity contribution is 5.75. The predicted molar refractivity (Wildman–Crippen MR) is 71.2 cm³/mol. The van der Waals surface area contributed by atoms with E-state index in [-0.39, 0.29) is 11.8 Å². The molecule has 1 atom stereocenters. The number of aliphatic hydroxyl groups is 1. The van der Waals surface area contributed by atoms with Gasteiger partial charge in [0.25, 0.3) is 5.69 Å². The van der Waals surface area contributed by atoms with E-state index in [1.807, 2.05) is 0 Å². The molecule has 1 aromatic carbocycles. The van der Waals surface area contributed by atoms with Gasteiger partial charge in [0.05, 0.1) is 17.6 Å². The van der Waals surface area contributed by atoms with Gasteiger partial charge in [0.2, 0.25) is 5.89 Å². The van der Waals surface area contributed by atoms with Gasteiger partial charge in [-0.1, -0.05) is 0 Å². The third kappa shape index (κ3) is 2.63. The molecule has 1 fully saturated rings. The highest BCUT2D eigenvalue weighted by Gasteiger charge is 2.20. The molecule has 1 N–H and O–H groups in total. The molecule has 1 aromatic heterocycles. The van der Waals surface area contributed by atoms with Crippen molar-refractivity contribution in [3.8, 4) is 0 Å². The standard InChI is InChI=1S/C13H15N3O4/c17-10-2-1-5-15(7-10)8-13-14-11-6-9(16(18)19)3-4-12(11)20-13/h3-4,6,10,17H,1-2,5,7-8H2. The minimum atomic E-state index is -0.450. The van der Waals surface area contributed by atoms with Crippen LogP contribution in [0.5, 0.6) is 0 Å². The van der Waals surface area contributed by atoms with Crippen LogP contribution >= 0.6 is 0 Å². The number of aliphatic hydroxyl groups excluding tert-OH is 1. The van der Waals surface area contributed by atoms with Crippen LogP contribution in [0.15, 0.2) is 22.6 Å². The Morgan fingerprint density at radius 1 is 1.55 bits per heavy atom. The first kappa shape index (κ1) is 13.0. The van der Waals surface area contributed by atoms with Gasteiger partial charge >= 0.3 is 0 Å². The molecule has 1 aliphatic rings. The maximum Gasteiger partial charge on any atom is 0.271 e. The molecule has 0 radical (unpaired) electrons. The van der Waals surface area contributed by atoms with Crippen LogP contribution in [0.4, 0.5) is 5.69 Å². The lowest BCUT2D eigenvalue weighted by molar-refractivity contribution is -0.384. The molecular weight excluding hydrogens is 262 g/mol. The molecule has 2 aromatic rings. The number of β-amino-alcohol motifs (C(OH)–C–C–N with tert-alkyl or cyclic N) is 1. The topological polar surface area (TPSA) is 92.6 Å². The van der Waals surface area contributed by atoms with Gasteiger partial charge in [-0.3, -0.25) is 15.0 Å². The summed E-state index contributed by atoms with van der Waals surface area (Å²) in [6.07, 6.45) is 1.48. The number of likely N-dealkylation sites (tertiary alicyclic amines) is 1. The van der Waals surface area contributed by atoms with Crippen molar-refractivity contribution in [1.29, 1.82) is 0 Å². The number of piperidine rings is 1. The molecule has 1 aliphatic heterocycles. The van der Waals surface area contributed by atoms with E-state index in [2.05, 4.69) is 9.88 Å². The van der Waals surface area contributed by atoms with Crippen molar-refractivity contribution >= 4 is 16.8 Å². The van der Waals surface area contributed by atoms with Crippen molar-refractivity contribution in [2.75, 3.05) is 13.1 Å². The van der Waals surface area contributed by atoms with Crippen molar-refractivity contribution < 1.29 is 14.4 Å². The highest BCUT2D eigenvalue weighted by atomic mass is 16.6. The average Bonchev–Trinajstić information content (AvgIpc) is 2.79. The summed E-state index contributed by atoms with van der Waals surface area (Å²) >= 11 is 0. The number of nitro groups is 1. The summed E-state index contributed by atoms with van der Waals surface area (Å²) in [5, 5.41) is 20.3. The summed E-state index contributed by atoms with van der Waals surface area (Å²) in [6.45, 7) is 2.02. The zero-order valence-electron chi connectivity index (χ0n) is 10.9. The zero-order valence-corrected chi connectivity index (χ0v) is 10.9. The quantitative estimate of drug-likeness (QED) is 0.678. The highest BCUT2D eigenvalue weighted by Crippen LogP contribution is 2.22. The number of fused-ring (bicyclic) bond motifs is 1. The molecule has 7 nitrogen and oxygen atoms in total. The van der Waals surface area contributed by atoms with Gasteiger partial charge in [-0.25, -0.2) is 4.98 Å². The molecule has 2 heterocycles. The summed E-state index contributed by atoms with van der Waals surface area (Å²) in [5.41, 5.74) is 1.04. The minimum absolute atomic E-state index is 0.00532. The van der Waals surface area contributed by atoms with Gasteiger partial charge in [0.1, 0.15) is 5.52 Å². The Morgan fingerprint density at radius 2 is 2.40 bits per heavy atom. The lowest BCUT2D eigenvalue weighted by Crippen LogP contribution is -2.37. The first-order valence-corrected chi connectivity index (χ1v) is 6.56. The van der Waals surface area contributed by atoms with E-state index in [4.69, 9.17) is 4.42 Å². The van der Waals surface area contributed by atoms with Crippen molar-refractivity contribution in [2.45, 2.75) is 25.5 Å². The Morgan fingerprint density at radius 3 is 3.15 bits per heavy atom. The van der Waals surface area contributed by atoms with E-state index in [0.717, 1.165) is 19.4 Å². The molecular formula is C13H15N3O4. The molecule has 0 bridgehead atoms. The third-order valence-electron chi connectivity index (χ3n) is 3.47. The van der Waals surface area contributed by atoms with Gasteiger partial charge in [-0.2, -0.15) is 0 Å². The minimum Gasteiger partial charge on any atom is -0.439 e. The Hall–Kier alpha value is -1.99. The number of oxazole rings is 1. The van der Waals surface area contributed by atoms with Crippen LogP contribution in [0.3, 0.4) is 0 Å². The molecule has 0 spiro atoms. The van der Waals surface area contributed by atoms with Crippen LogP contribution in [0.1, 0.15) is 18.7 Å². The van der Waals surface area contributed by atoms with Crippen LogP contribution < -0.4 is 0 Å². The SMILES string of the molecule is O=[N+]([O-])c1ccc2oc(CN3CCCC(O)C3)nc2c1. The fourth-order valence-corrected chi connectivity index (χ4v) is 2.51. The van der Waals surface area contributed by atoms with Crippen molar-refractivity contribution in [3.05, 3.63) is 34.2 Å². The van der Waals surface area contributed by atoms with E-state index >= 15 is 0 Å². The van der Waals surface area contributed by atoms with Gasteiger partial charge in [0.15, 0.2) is 5.58 Å². The summed E-state index contributed by atoms with van der Waals surface area (Å²) in [6, 6.07) is 4.38. The molecule has 1 saturated heterocycles. The fraction of sp³-hybridized carbons (Fsp3) is 0.462. The van der Waals surface area contributed by atoms with Gasteiger partial charge in [-0.15, -0.1) is 0 Å². The number of hydrogen-bond donors (Lipinski definition) is 1. The first-order chi connectivity index (χ1) is 9.61. The molecule has 0 saturated carbocycles. The zero-order chi connectivity index (χ0) is 14.1. The number of nitro benzene ring substituents is 1. The van der Waals surface area contributed by atoms with Gasteiger partial charge < -0.3 is 9.52 Å². The lowest BCUT2D eigenvalue weighted by Gasteiger charge is -2.28. The van der Waals surface area contributed by atoms with E-state index in [9.17, 15) is 15.2 Å². The normalized spacial score (nSPS) is 20.4. The molecule has 3 rings (SSSR count). The van der Waals surface area contributed by atoms with Gasteiger partial charge in [-0.05, 0) is 25.5 Å². The van der Waals surface area contributed by atoms with Crippen molar-refractivity contribution in [3.63, 3.8) is 0 Å². The number of non-ortho nitro benzene ring substituents is 1. The second-order valence-corrected chi connectivity index (χ2v) is 5.05. The van der Waals surface area contributed by atoms with E-state index < -0.39 is 4.92 Å². The molecule has 0 amide bonds. The van der Waals surface area contributed by atoms with E-state index in [1.165, 1.54) is 12.1 Å². The Labute approximate surface area is 115 Å². The van der Waals surface area contributed by atoms with Crippen LogP contribution in [-0.2, 0) is 6.54 Å². The number of hydrogen-bond acceptors (Lipinski definition) is 6. The van der Waals surface area contributed by atoms with Gasteiger partial charge in [0, 0.05) is 18.7 Å². The largest absolute Gasteiger partial charge is 0.439 e. The molecule has 0 aliphatic carbocycles. The van der Waals surface area contributed by atoms with Crippen LogP contribution in [0.25, 0.3) is 11.1 Å². The number of aromatic nitrogens is 1. The summed E-state index contributed by atoms with van der Waals surface area (Å²) in [5.74, 6) is 0.523. The molecule has 106 valence electrons. The smallest absolute Gasteiger partial charge is 0.271 e. The molecule has 20 heavy (non-hydrogen) atoms. The predicted octanol–water partition coefficient (Wildman–Crippen LogP) is 1.69. The first-order valence-electron chi connectivity index (χ1n) is 6.56. The van der Waals surface area contributed by atoms with Crippen LogP contribution in [0.2, 0.25) is 0 Å². The van der Waals surface area contributed by atoms with Crippen molar-refractivity contribution in [2.24, 2.45) is 0 Å². The maximum absolute atomic E-state index is 10.7. The summed E-state index contributed by atoms with van der Waals surface area (Å²) in [7, 11) is 0. The number of rotatable bonds is 3. The van der Waals surface area contributed by atoms with E-state index in [0.29, 0.717) is 30.1 Å². The molecule has 1 unspecified atom stereocenters. The number of nitrogens with zero attached hydrogens (tertiary/aromatic N) is 3. The Balaban J connectivity index is 1.80. The fourth-order valence-electron chi connectivity index (χ4n) is 2.51. The van der Waals surface area contributed by atoms with Crippen molar-refractivity contribution in [1.82, 2.24) is 9.88 Å². The Kier molecular flexibility index (Phi) is 3.37. The Bertz CT molecular complexity index is 640. The maximum atomic E-state index is 10.7. The number of benzene rings is 1. The second kappa shape index (κ2) is 5.18. The molecule has 7 heteroatoms. The average molecular weight is 277 g/mol. The van der Waals surface area contributed by atoms with Crippen LogP contribution in [-0.4, -0.2) is 39.1 Å². The second-order valence-electron chi connectivity index (χ2n) is 5.05. The lowest BCUT2D eigenvalue weighted by atomic mass is 10.1.